The summed E-state index contributed by atoms with van der Waals surface area (Å²) in [6.07, 6.45) is 8.88. The number of primary amides is 2. The third-order valence-corrected chi connectivity index (χ3v) is 6.98. The molecule has 172 valence electrons. The van der Waals surface area contributed by atoms with E-state index in [2.05, 4.69) is 19.2 Å². The molecule has 1 saturated heterocycles. The number of hydrogen-bond acceptors (Lipinski definition) is 4. The van der Waals surface area contributed by atoms with Gasteiger partial charge in [0.2, 0.25) is 17.7 Å². The van der Waals surface area contributed by atoms with Crippen molar-refractivity contribution in [3.05, 3.63) is 0 Å². The normalized spacial score (nSPS) is 21.9. The minimum Gasteiger partial charge on any atom is -0.369 e. The van der Waals surface area contributed by atoms with Crippen LogP contribution in [0, 0.1) is 17.8 Å². The van der Waals surface area contributed by atoms with E-state index in [0.717, 1.165) is 19.3 Å². The van der Waals surface area contributed by atoms with E-state index < -0.39 is 23.3 Å². The van der Waals surface area contributed by atoms with Crippen LogP contribution in [0.5, 0.6) is 0 Å². The van der Waals surface area contributed by atoms with Gasteiger partial charge in [0.05, 0.1) is 0 Å². The maximum Gasteiger partial charge on any atom is 0.237 e. The molecular weight excluding hydrogens is 380 g/mol. The minimum atomic E-state index is -0.737. The number of piperidine rings is 1. The van der Waals surface area contributed by atoms with Gasteiger partial charge in [-0.05, 0) is 44.4 Å². The quantitative estimate of drug-likeness (QED) is 0.500. The molecule has 7 heteroatoms. The molecule has 0 spiro atoms. The van der Waals surface area contributed by atoms with Crippen molar-refractivity contribution >= 4 is 17.7 Å². The number of carbonyl (C=O) groups is 3. The fourth-order valence-electron chi connectivity index (χ4n) is 5.24. The molecular formula is C23H42N4O3. The molecule has 0 radical (unpaired) electrons. The highest BCUT2D eigenvalue weighted by Gasteiger charge is 2.44. The molecule has 1 aliphatic carbocycles. The molecule has 1 heterocycles. The van der Waals surface area contributed by atoms with Gasteiger partial charge in [0.15, 0.2) is 0 Å². The van der Waals surface area contributed by atoms with Crippen LogP contribution < -0.4 is 16.8 Å². The molecule has 1 saturated carbocycles. The molecule has 2 fully saturated rings. The van der Waals surface area contributed by atoms with Crippen molar-refractivity contribution in [3.63, 3.8) is 0 Å². The highest BCUT2D eigenvalue weighted by molar-refractivity contribution is 5.88. The summed E-state index contributed by atoms with van der Waals surface area (Å²) in [6.45, 7) is 7.09. The summed E-state index contributed by atoms with van der Waals surface area (Å²) in [7, 11) is 0. The SMILES string of the molecule is CCC[C@H](C(N)=O)[C@@H](CC(C)C)C(=O)N1CCC(NC2CCCCC2)(C(N)=O)CC1. The molecule has 7 nitrogen and oxygen atoms in total. The molecule has 0 aromatic heterocycles. The van der Waals surface area contributed by atoms with E-state index in [1.54, 1.807) is 0 Å². The van der Waals surface area contributed by atoms with E-state index in [9.17, 15) is 14.4 Å². The monoisotopic (exact) mass is 422 g/mol. The van der Waals surface area contributed by atoms with Gasteiger partial charge in [-0.2, -0.15) is 0 Å². The van der Waals surface area contributed by atoms with Crippen LogP contribution in [0.1, 0.15) is 85.0 Å². The van der Waals surface area contributed by atoms with Crippen molar-refractivity contribution in [2.75, 3.05) is 13.1 Å². The Morgan fingerprint density at radius 3 is 2.10 bits per heavy atom. The Morgan fingerprint density at radius 1 is 1.03 bits per heavy atom. The fourth-order valence-corrected chi connectivity index (χ4v) is 5.24. The lowest BCUT2D eigenvalue weighted by Crippen LogP contribution is -2.64. The van der Waals surface area contributed by atoms with Crippen LogP contribution >= 0.6 is 0 Å². The van der Waals surface area contributed by atoms with Gasteiger partial charge < -0.3 is 21.7 Å². The van der Waals surface area contributed by atoms with E-state index >= 15 is 0 Å². The third-order valence-electron chi connectivity index (χ3n) is 6.98. The van der Waals surface area contributed by atoms with Crippen molar-refractivity contribution in [3.8, 4) is 0 Å². The summed E-state index contributed by atoms with van der Waals surface area (Å²) < 4.78 is 0. The van der Waals surface area contributed by atoms with E-state index in [4.69, 9.17) is 11.5 Å². The van der Waals surface area contributed by atoms with Crippen LogP contribution in [0.3, 0.4) is 0 Å². The van der Waals surface area contributed by atoms with Crippen molar-refractivity contribution in [2.24, 2.45) is 29.2 Å². The first-order chi connectivity index (χ1) is 14.2. The van der Waals surface area contributed by atoms with E-state index in [-0.39, 0.29) is 11.8 Å². The zero-order valence-corrected chi connectivity index (χ0v) is 19.1. The highest BCUT2D eigenvalue weighted by atomic mass is 16.2. The predicted molar refractivity (Wildman–Crippen MR) is 118 cm³/mol. The molecule has 0 aromatic carbocycles. The fraction of sp³-hybridized carbons (Fsp3) is 0.870. The van der Waals surface area contributed by atoms with Crippen molar-refractivity contribution in [1.82, 2.24) is 10.2 Å². The second-order valence-corrected chi connectivity index (χ2v) is 9.78. The second kappa shape index (κ2) is 11.1. The van der Waals surface area contributed by atoms with E-state index in [0.29, 0.717) is 50.7 Å². The lowest BCUT2D eigenvalue weighted by atomic mass is 9.79. The highest BCUT2D eigenvalue weighted by Crippen LogP contribution is 2.31. The van der Waals surface area contributed by atoms with Crippen LogP contribution in [-0.2, 0) is 14.4 Å². The maximum atomic E-state index is 13.4. The van der Waals surface area contributed by atoms with Gasteiger partial charge in [-0.1, -0.05) is 46.5 Å². The van der Waals surface area contributed by atoms with E-state index in [1.165, 1.54) is 19.3 Å². The largest absolute Gasteiger partial charge is 0.369 e. The van der Waals surface area contributed by atoms with Crippen molar-refractivity contribution in [2.45, 2.75) is 96.6 Å². The second-order valence-electron chi connectivity index (χ2n) is 9.78. The van der Waals surface area contributed by atoms with Gasteiger partial charge in [0.25, 0.3) is 0 Å². The third kappa shape index (κ3) is 6.19. The lowest BCUT2D eigenvalue weighted by molar-refractivity contribution is -0.145. The molecule has 0 unspecified atom stereocenters. The first-order valence-corrected chi connectivity index (χ1v) is 11.9. The average molecular weight is 423 g/mol. The van der Waals surface area contributed by atoms with Crippen LogP contribution in [0.15, 0.2) is 0 Å². The number of likely N-dealkylation sites (tertiary alicyclic amines) is 1. The van der Waals surface area contributed by atoms with Gasteiger partial charge in [-0.25, -0.2) is 0 Å². The molecule has 0 bridgehead atoms. The molecule has 0 aromatic rings. The number of nitrogens with one attached hydrogen (secondary N) is 1. The van der Waals surface area contributed by atoms with Gasteiger partial charge in [0, 0.05) is 31.0 Å². The first kappa shape index (κ1) is 24.6. The van der Waals surface area contributed by atoms with Gasteiger partial charge >= 0.3 is 0 Å². The summed E-state index contributed by atoms with van der Waals surface area (Å²) >= 11 is 0. The molecule has 2 rings (SSSR count). The summed E-state index contributed by atoms with van der Waals surface area (Å²) in [5, 5.41) is 3.57. The summed E-state index contributed by atoms with van der Waals surface area (Å²) in [5.74, 6) is -1.25. The van der Waals surface area contributed by atoms with Crippen molar-refractivity contribution < 1.29 is 14.4 Å². The van der Waals surface area contributed by atoms with Crippen LogP contribution in [-0.4, -0.2) is 47.3 Å². The lowest BCUT2D eigenvalue weighted by Gasteiger charge is -2.44. The predicted octanol–water partition coefficient (Wildman–Crippen LogP) is 2.32. The zero-order chi connectivity index (χ0) is 22.3. The standard InChI is InChI=1S/C23H42N4O3/c1-4-8-18(20(24)28)19(15-16(2)3)21(29)27-13-11-23(12-14-27,22(25)30)26-17-9-6-5-7-10-17/h16-19,26H,4-15H2,1-3H3,(H2,24,28)(H2,25,30)/t18-,19+/m0/s1. The molecule has 5 N–H and O–H groups in total. The Balaban J connectivity index is 2.09. The van der Waals surface area contributed by atoms with Crippen LogP contribution in [0.25, 0.3) is 0 Å². The van der Waals surface area contributed by atoms with Crippen LogP contribution in [0.2, 0.25) is 0 Å². The molecule has 30 heavy (non-hydrogen) atoms. The first-order valence-electron chi connectivity index (χ1n) is 11.9. The van der Waals surface area contributed by atoms with Crippen LogP contribution in [0.4, 0.5) is 0 Å². The Kier molecular flexibility index (Phi) is 9.13. The molecule has 2 atom stereocenters. The topological polar surface area (TPSA) is 119 Å². The Hall–Kier alpha value is -1.63. The Bertz CT molecular complexity index is 593. The minimum absolute atomic E-state index is 0.00307. The van der Waals surface area contributed by atoms with Crippen molar-refractivity contribution in [1.29, 1.82) is 0 Å². The maximum absolute atomic E-state index is 13.4. The molecule has 1 aliphatic heterocycles. The smallest absolute Gasteiger partial charge is 0.237 e. The van der Waals surface area contributed by atoms with E-state index in [1.807, 2.05) is 11.8 Å². The summed E-state index contributed by atoms with van der Waals surface area (Å²) in [5.41, 5.74) is 10.8. The summed E-state index contributed by atoms with van der Waals surface area (Å²) in [6, 6.07) is 0.325. The zero-order valence-electron chi connectivity index (χ0n) is 19.1. The Labute approximate surface area is 181 Å². The number of nitrogens with two attached hydrogens (primary N) is 2. The molecule has 2 aliphatic rings. The number of hydrogen-bond donors (Lipinski definition) is 3. The Morgan fingerprint density at radius 2 is 1.63 bits per heavy atom. The number of rotatable bonds is 10. The van der Waals surface area contributed by atoms with Gasteiger partial charge in [-0.3, -0.25) is 14.4 Å². The van der Waals surface area contributed by atoms with Gasteiger partial charge in [0.1, 0.15) is 5.54 Å². The van der Waals surface area contributed by atoms with Gasteiger partial charge in [-0.15, -0.1) is 0 Å². The average Bonchev–Trinajstić information content (AvgIpc) is 2.71. The summed E-state index contributed by atoms with van der Waals surface area (Å²) in [4.78, 5) is 39.7. The molecule has 3 amide bonds. The number of carbonyl (C=O) groups excluding carboxylic acids is 3. The number of nitrogens with zero attached hydrogens (tertiary/aromatic N) is 1. The number of amides is 3.